The van der Waals surface area contributed by atoms with Crippen molar-refractivity contribution in [2.45, 2.75) is 19.8 Å². The summed E-state index contributed by atoms with van der Waals surface area (Å²) in [5, 5.41) is 11.8. The van der Waals surface area contributed by atoms with Gasteiger partial charge in [-0.15, -0.1) is 11.3 Å². The number of ether oxygens (including phenoxy) is 2. The van der Waals surface area contributed by atoms with Crippen LogP contribution in [0.2, 0.25) is 0 Å². The van der Waals surface area contributed by atoms with Crippen LogP contribution in [0.15, 0.2) is 42.5 Å². The summed E-state index contributed by atoms with van der Waals surface area (Å²) in [7, 11) is 1.59. The predicted octanol–water partition coefficient (Wildman–Crippen LogP) is 3.77. The molecule has 27 heavy (non-hydrogen) atoms. The molecule has 0 aliphatic carbocycles. The van der Waals surface area contributed by atoms with Crippen LogP contribution < -0.4 is 14.6 Å². The number of carboxylic acids is 1. The number of aliphatic carboxylic acids is 1. The molecule has 0 fully saturated rings. The number of aromatic nitrogens is 1. The molecule has 0 bridgehead atoms. The Morgan fingerprint density at radius 3 is 2.70 bits per heavy atom. The van der Waals surface area contributed by atoms with Gasteiger partial charge in [-0.25, -0.2) is 4.98 Å². The maximum Gasteiger partial charge on any atom is 0.161 e. The summed E-state index contributed by atoms with van der Waals surface area (Å²) in [6.45, 7) is 2.46. The summed E-state index contributed by atoms with van der Waals surface area (Å²) < 4.78 is 12.0. The van der Waals surface area contributed by atoms with Gasteiger partial charge in [-0.05, 0) is 61.2 Å². The standard InChI is InChI=1S/C21H21NO4S/c1-3-26-17-10-8-14(13-18(17)25-2)12-15(9-11-20(23)24)21-22-16-6-4-5-7-19(16)27-21/h4-8,10,12-13H,3,9,11H2,1-2H3,(H,23,24)/p-1/b15-12+. The monoisotopic (exact) mass is 382 g/mol. The lowest BCUT2D eigenvalue weighted by molar-refractivity contribution is -0.305. The maximum atomic E-state index is 11.0. The fourth-order valence-electron chi connectivity index (χ4n) is 2.74. The molecular formula is C21H20NO4S-. The molecule has 6 heteroatoms. The third-order valence-corrected chi connectivity index (χ3v) is 5.11. The summed E-state index contributed by atoms with van der Waals surface area (Å²) in [4.78, 5) is 15.6. The van der Waals surface area contributed by atoms with E-state index < -0.39 is 5.97 Å². The Labute approximate surface area is 161 Å². The van der Waals surface area contributed by atoms with Gasteiger partial charge in [0.1, 0.15) is 5.01 Å². The highest BCUT2D eigenvalue weighted by molar-refractivity contribution is 7.19. The second-order valence-corrected chi connectivity index (χ2v) is 6.90. The second-order valence-electron chi connectivity index (χ2n) is 5.87. The van der Waals surface area contributed by atoms with E-state index in [4.69, 9.17) is 9.47 Å². The minimum absolute atomic E-state index is 0.0596. The number of carbonyl (C=O) groups is 1. The molecule has 0 radical (unpaired) electrons. The van der Waals surface area contributed by atoms with Gasteiger partial charge < -0.3 is 19.4 Å². The number of carboxylic acid groups (broad SMARTS) is 1. The van der Waals surface area contributed by atoms with E-state index in [9.17, 15) is 9.90 Å². The highest BCUT2D eigenvalue weighted by atomic mass is 32.1. The number of thiazole rings is 1. The number of para-hydroxylation sites is 1. The minimum atomic E-state index is -1.08. The fraction of sp³-hybridized carbons (Fsp3) is 0.238. The molecule has 0 aliphatic heterocycles. The topological polar surface area (TPSA) is 71.5 Å². The molecule has 140 valence electrons. The van der Waals surface area contributed by atoms with Crippen molar-refractivity contribution in [3.63, 3.8) is 0 Å². The number of benzene rings is 2. The molecule has 3 rings (SSSR count). The first-order chi connectivity index (χ1) is 13.1. The number of carbonyl (C=O) groups excluding carboxylic acids is 1. The smallest absolute Gasteiger partial charge is 0.161 e. The van der Waals surface area contributed by atoms with Crippen LogP contribution in [0, 0.1) is 0 Å². The number of hydrogen-bond acceptors (Lipinski definition) is 6. The Hall–Kier alpha value is -2.86. The van der Waals surface area contributed by atoms with Gasteiger partial charge in [0.2, 0.25) is 0 Å². The molecule has 1 aromatic heterocycles. The van der Waals surface area contributed by atoms with Crippen molar-refractivity contribution < 1.29 is 19.4 Å². The molecule has 1 heterocycles. The number of nitrogens with zero attached hydrogens (tertiary/aromatic N) is 1. The van der Waals surface area contributed by atoms with Gasteiger partial charge >= 0.3 is 0 Å². The Bertz CT molecular complexity index is 944. The van der Waals surface area contributed by atoms with Crippen molar-refractivity contribution >= 4 is 39.2 Å². The highest BCUT2D eigenvalue weighted by Gasteiger charge is 2.11. The first-order valence-electron chi connectivity index (χ1n) is 8.68. The molecule has 2 aromatic carbocycles. The Balaban J connectivity index is 2.00. The van der Waals surface area contributed by atoms with Crippen LogP contribution >= 0.6 is 11.3 Å². The van der Waals surface area contributed by atoms with Crippen LogP contribution in [0.1, 0.15) is 30.3 Å². The Morgan fingerprint density at radius 1 is 1.19 bits per heavy atom. The molecule has 0 aliphatic rings. The van der Waals surface area contributed by atoms with E-state index in [-0.39, 0.29) is 6.42 Å². The zero-order chi connectivity index (χ0) is 19.2. The maximum absolute atomic E-state index is 11.0. The van der Waals surface area contributed by atoms with Gasteiger partial charge in [-0.2, -0.15) is 0 Å². The number of methoxy groups -OCH3 is 1. The Morgan fingerprint density at radius 2 is 2.00 bits per heavy atom. The van der Waals surface area contributed by atoms with Crippen molar-refractivity contribution in [1.29, 1.82) is 0 Å². The lowest BCUT2D eigenvalue weighted by Crippen LogP contribution is -2.21. The van der Waals surface area contributed by atoms with E-state index in [1.54, 1.807) is 18.4 Å². The fourth-order valence-corrected chi connectivity index (χ4v) is 3.75. The molecule has 0 unspecified atom stereocenters. The highest BCUT2D eigenvalue weighted by Crippen LogP contribution is 2.33. The summed E-state index contributed by atoms with van der Waals surface area (Å²) >= 11 is 1.55. The molecule has 0 saturated carbocycles. The number of hydrogen-bond donors (Lipinski definition) is 0. The quantitative estimate of drug-likeness (QED) is 0.593. The molecule has 5 nitrogen and oxygen atoms in total. The zero-order valence-electron chi connectivity index (χ0n) is 15.2. The Kier molecular flexibility index (Phi) is 6.08. The average molecular weight is 382 g/mol. The SMILES string of the molecule is CCOc1ccc(/C=C(\CCC(=O)[O-])c2nc3ccccc3s2)cc1OC. The first kappa shape index (κ1) is 18.9. The van der Waals surface area contributed by atoms with E-state index in [0.717, 1.165) is 26.4 Å². The minimum Gasteiger partial charge on any atom is -0.550 e. The van der Waals surface area contributed by atoms with Gasteiger partial charge in [-0.3, -0.25) is 0 Å². The lowest BCUT2D eigenvalue weighted by Gasteiger charge is -2.11. The van der Waals surface area contributed by atoms with Crippen molar-refractivity contribution in [1.82, 2.24) is 4.98 Å². The number of rotatable bonds is 8. The summed E-state index contributed by atoms with van der Waals surface area (Å²) in [6, 6.07) is 13.5. The molecule has 0 spiro atoms. The third-order valence-electron chi connectivity index (χ3n) is 4.00. The lowest BCUT2D eigenvalue weighted by atomic mass is 10.1. The molecular weight excluding hydrogens is 362 g/mol. The van der Waals surface area contributed by atoms with Crippen molar-refractivity contribution in [2.24, 2.45) is 0 Å². The second kappa shape index (κ2) is 8.68. The van der Waals surface area contributed by atoms with Crippen LogP contribution in [0.25, 0.3) is 21.9 Å². The normalized spacial score (nSPS) is 11.6. The summed E-state index contributed by atoms with van der Waals surface area (Å²) in [5.41, 5.74) is 2.65. The number of fused-ring (bicyclic) bond motifs is 1. The predicted molar refractivity (Wildman–Crippen MR) is 106 cm³/mol. The van der Waals surface area contributed by atoms with Crippen LogP contribution in [0.5, 0.6) is 11.5 Å². The van der Waals surface area contributed by atoms with Crippen LogP contribution in [-0.4, -0.2) is 24.7 Å². The van der Waals surface area contributed by atoms with Crippen molar-refractivity contribution in [3.05, 3.63) is 53.0 Å². The average Bonchev–Trinajstić information content (AvgIpc) is 3.10. The molecule has 0 atom stereocenters. The van der Waals surface area contributed by atoms with E-state index in [0.29, 0.717) is 24.5 Å². The zero-order valence-corrected chi connectivity index (χ0v) is 16.0. The van der Waals surface area contributed by atoms with Gasteiger partial charge in [0.25, 0.3) is 0 Å². The summed E-state index contributed by atoms with van der Waals surface area (Å²) in [5.74, 6) is 0.230. The molecule has 0 N–H and O–H groups in total. The largest absolute Gasteiger partial charge is 0.550 e. The van der Waals surface area contributed by atoms with E-state index in [1.807, 2.05) is 55.5 Å². The summed E-state index contributed by atoms with van der Waals surface area (Å²) in [6.07, 6.45) is 2.23. The first-order valence-corrected chi connectivity index (χ1v) is 9.49. The van der Waals surface area contributed by atoms with Crippen molar-refractivity contribution in [3.8, 4) is 11.5 Å². The van der Waals surface area contributed by atoms with Gasteiger partial charge in [0.15, 0.2) is 11.5 Å². The van der Waals surface area contributed by atoms with Crippen molar-refractivity contribution in [2.75, 3.05) is 13.7 Å². The van der Waals surface area contributed by atoms with Gasteiger partial charge in [-0.1, -0.05) is 18.2 Å². The number of allylic oxidation sites excluding steroid dienone is 1. The molecule has 0 amide bonds. The van der Waals surface area contributed by atoms with E-state index in [1.165, 1.54) is 0 Å². The van der Waals surface area contributed by atoms with Crippen LogP contribution in [-0.2, 0) is 4.79 Å². The van der Waals surface area contributed by atoms with E-state index in [2.05, 4.69) is 4.98 Å². The van der Waals surface area contributed by atoms with Crippen LogP contribution in [0.3, 0.4) is 0 Å². The van der Waals surface area contributed by atoms with Gasteiger partial charge in [0, 0.05) is 5.97 Å². The molecule has 0 saturated heterocycles. The molecule has 3 aromatic rings. The van der Waals surface area contributed by atoms with E-state index >= 15 is 0 Å². The van der Waals surface area contributed by atoms with Crippen LogP contribution in [0.4, 0.5) is 0 Å². The third kappa shape index (κ3) is 4.65. The van der Waals surface area contributed by atoms with Gasteiger partial charge in [0.05, 0.1) is 23.9 Å².